The minimum absolute atomic E-state index is 0.0389. The lowest BCUT2D eigenvalue weighted by atomic mass is 10.1. The molecule has 0 amide bonds. The Morgan fingerprint density at radius 3 is 2.71 bits per heavy atom. The largest absolute Gasteiger partial charge is 0.381 e. The van der Waals surface area contributed by atoms with Gasteiger partial charge in [-0.2, -0.15) is 5.10 Å². The van der Waals surface area contributed by atoms with Gasteiger partial charge in [-0.25, -0.2) is 17.5 Å². The molecule has 3 N–H and O–H groups in total. The van der Waals surface area contributed by atoms with Crippen LogP contribution in [0.3, 0.4) is 0 Å². The molecule has 0 atom stereocenters. The van der Waals surface area contributed by atoms with Crippen LogP contribution in [-0.4, -0.2) is 24.7 Å². The second-order valence-corrected chi connectivity index (χ2v) is 6.51. The third-order valence-electron chi connectivity index (χ3n) is 3.10. The Bertz CT molecular complexity index is 756. The lowest BCUT2D eigenvalue weighted by Gasteiger charge is -2.08. The van der Waals surface area contributed by atoms with Crippen LogP contribution < -0.4 is 10.5 Å². The molecule has 21 heavy (non-hydrogen) atoms. The summed E-state index contributed by atoms with van der Waals surface area (Å²) in [5.74, 6) is -0.345. The fraction of sp³-hybridized carbons (Fsp3) is 0.308. The minimum Gasteiger partial charge on any atom is -0.381 e. The van der Waals surface area contributed by atoms with Crippen molar-refractivity contribution in [3.8, 4) is 0 Å². The molecule has 0 aliphatic carbocycles. The number of nitrogens with zero attached hydrogens (tertiary/aromatic N) is 2. The Labute approximate surface area is 122 Å². The van der Waals surface area contributed by atoms with E-state index < -0.39 is 10.0 Å². The van der Waals surface area contributed by atoms with E-state index in [0.717, 1.165) is 11.1 Å². The lowest BCUT2D eigenvalue weighted by Crippen LogP contribution is -2.26. The van der Waals surface area contributed by atoms with Crippen molar-refractivity contribution in [3.05, 3.63) is 41.3 Å². The second kappa shape index (κ2) is 5.82. The normalized spacial score (nSPS) is 11.8. The van der Waals surface area contributed by atoms with E-state index in [1.54, 1.807) is 20.0 Å². The van der Waals surface area contributed by atoms with Crippen LogP contribution in [0.15, 0.2) is 29.3 Å². The number of nitrogens with two attached hydrogens (primary N) is 1. The molecule has 0 saturated heterocycles. The standard InChI is InChI=1S/C13H17FN4O2S/c1-9-7-11(14)4-3-10(9)5-6-16-21(19,20)12-8-18(2)17-13(12)15/h3-4,7-8,16H,5-6H2,1-2H3,(H2,15,17). The number of nitrogen functional groups attached to an aromatic ring is 1. The Morgan fingerprint density at radius 1 is 1.43 bits per heavy atom. The highest BCUT2D eigenvalue weighted by Gasteiger charge is 2.20. The number of halogens is 1. The average molecular weight is 312 g/mol. The first-order valence-electron chi connectivity index (χ1n) is 6.33. The van der Waals surface area contributed by atoms with Crippen LogP contribution in [0.25, 0.3) is 0 Å². The van der Waals surface area contributed by atoms with Gasteiger partial charge >= 0.3 is 0 Å². The third kappa shape index (κ3) is 3.59. The van der Waals surface area contributed by atoms with Gasteiger partial charge in [-0.15, -0.1) is 0 Å². The van der Waals surface area contributed by atoms with Gasteiger partial charge in [-0.1, -0.05) is 6.07 Å². The Balaban J connectivity index is 2.04. The van der Waals surface area contributed by atoms with Crippen molar-refractivity contribution >= 4 is 15.8 Å². The van der Waals surface area contributed by atoms with Crippen molar-refractivity contribution in [1.82, 2.24) is 14.5 Å². The molecule has 0 bridgehead atoms. The first kappa shape index (κ1) is 15.5. The molecule has 0 aliphatic rings. The fourth-order valence-corrected chi connectivity index (χ4v) is 3.16. The van der Waals surface area contributed by atoms with Gasteiger partial charge in [0.1, 0.15) is 10.7 Å². The van der Waals surface area contributed by atoms with Gasteiger partial charge in [-0.3, -0.25) is 4.68 Å². The summed E-state index contributed by atoms with van der Waals surface area (Å²) < 4.78 is 41.0. The molecular formula is C13H17FN4O2S. The van der Waals surface area contributed by atoms with Gasteiger partial charge in [0.25, 0.3) is 0 Å². The number of rotatable bonds is 5. The van der Waals surface area contributed by atoms with Gasteiger partial charge in [0, 0.05) is 19.8 Å². The molecule has 8 heteroatoms. The molecule has 0 radical (unpaired) electrons. The second-order valence-electron chi connectivity index (χ2n) is 4.77. The molecule has 2 aromatic rings. The molecule has 6 nitrogen and oxygen atoms in total. The van der Waals surface area contributed by atoms with Crippen LogP contribution in [0.2, 0.25) is 0 Å². The first-order chi connectivity index (χ1) is 9.79. The molecule has 1 aromatic heterocycles. The molecule has 1 heterocycles. The first-order valence-corrected chi connectivity index (χ1v) is 7.82. The summed E-state index contributed by atoms with van der Waals surface area (Å²) in [6.45, 7) is 1.98. The van der Waals surface area contributed by atoms with Crippen LogP contribution in [0, 0.1) is 12.7 Å². The molecular weight excluding hydrogens is 295 g/mol. The minimum atomic E-state index is -3.69. The average Bonchev–Trinajstić information content (AvgIpc) is 2.72. The van der Waals surface area contributed by atoms with E-state index in [1.807, 2.05) is 0 Å². The number of aromatic nitrogens is 2. The molecule has 2 rings (SSSR count). The highest BCUT2D eigenvalue weighted by Crippen LogP contribution is 2.15. The lowest BCUT2D eigenvalue weighted by molar-refractivity contribution is 0.581. The number of anilines is 1. The quantitative estimate of drug-likeness (QED) is 0.861. The molecule has 0 spiro atoms. The van der Waals surface area contributed by atoms with E-state index >= 15 is 0 Å². The topological polar surface area (TPSA) is 90.0 Å². The highest BCUT2D eigenvalue weighted by atomic mass is 32.2. The molecule has 114 valence electrons. The summed E-state index contributed by atoms with van der Waals surface area (Å²) in [5, 5.41) is 3.80. The SMILES string of the molecule is Cc1cc(F)ccc1CCNS(=O)(=O)c1cn(C)nc1N. The monoisotopic (exact) mass is 312 g/mol. The van der Waals surface area contributed by atoms with E-state index in [9.17, 15) is 12.8 Å². The maximum absolute atomic E-state index is 13.0. The number of aryl methyl sites for hydroxylation is 2. The molecule has 0 saturated carbocycles. The van der Waals surface area contributed by atoms with Crippen LogP contribution in [0.5, 0.6) is 0 Å². The Kier molecular flexibility index (Phi) is 4.29. The van der Waals surface area contributed by atoms with Gasteiger partial charge in [0.2, 0.25) is 10.0 Å². The van der Waals surface area contributed by atoms with Crippen molar-refractivity contribution in [2.75, 3.05) is 12.3 Å². The molecule has 0 aliphatic heterocycles. The van der Waals surface area contributed by atoms with Crippen LogP contribution in [-0.2, 0) is 23.5 Å². The van der Waals surface area contributed by atoms with Crippen molar-refractivity contribution in [1.29, 1.82) is 0 Å². The van der Waals surface area contributed by atoms with Gasteiger partial charge in [0.05, 0.1) is 0 Å². The van der Waals surface area contributed by atoms with Crippen molar-refractivity contribution in [3.63, 3.8) is 0 Å². The maximum Gasteiger partial charge on any atom is 0.245 e. The van der Waals surface area contributed by atoms with Crippen molar-refractivity contribution in [2.45, 2.75) is 18.2 Å². The Morgan fingerprint density at radius 2 is 2.14 bits per heavy atom. The number of hydrogen-bond donors (Lipinski definition) is 2. The number of benzene rings is 1. The highest BCUT2D eigenvalue weighted by molar-refractivity contribution is 7.89. The van der Waals surface area contributed by atoms with Crippen LogP contribution in [0.1, 0.15) is 11.1 Å². The van der Waals surface area contributed by atoms with Crippen LogP contribution in [0.4, 0.5) is 10.2 Å². The smallest absolute Gasteiger partial charge is 0.245 e. The number of nitrogens with one attached hydrogen (secondary N) is 1. The predicted octanol–water partition coefficient (Wildman–Crippen LogP) is 0.971. The fourth-order valence-electron chi connectivity index (χ4n) is 2.03. The Hall–Kier alpha value is -1.93. The van der Waals surface area contributed by atoms with E-state index in [-0.39, 0.29) is 23.1 Å². The van der Waals surface area contributed by atoms with Crippen LogP contribution >= 0.6 is 0 Å². The third-order valence-corrected chi connectivity index (χ3v) is 4.58. The van der Waals surface area contributed by atoms with Gasteiger partial charge < -0.3 is 5.73 Å². The molecule has 0 fully saturated rings. The summed E-state index contributed by atoms with van der Waals surface area (Å²) in [6.07, 6.45) is 1.81. The zero-order chi connectivity index (χ0) is 15.6. The van der Waals surface area contributed by atoms with E-state index in [2.05, 4.69) is 9.82 Å². The number of hydrogen-bond acceptors (Lipinski definition) is 4. The zero-order valence-electron chi connectivity index (χ0n) is 11.8. The van der Waals surface area contributed by atoms with E-state index in [0.29, 0.717) is 6.42 Å². The molecule has 1 aromatic carbocycles. The summed E-state index contributed by atoms with van der Waals surface area (Å²) in [6, 6.07) is 4.43. The summed E-state index contributed by atoms with van der Waals surface area (Å²) >= 11 is 0. The zero-order valence-corrected chi connectivity index (χ0v) is 12.6. The van der Waals surface area contributed by atoms with Crippen molar-refractivity contribution < 1.29 is 12.8 Å². The van der Waals surface area contributed by atoms with Gasteiger partial charge in [0.15, 0.2) is 5.82 Å². The van der Waals surface area contributed by atoms with Crippen molar-refractivity contribution in [2.24, 2.45) is 7.05 Å². The van der Waals surface area contributed by atoms with E-state index in [1.165, 1.54) is 23.0 Å². The maximum atomic E-state index is 13.0. The van der Waals surface area contributed by atoms with Gasteiger partial charge in [-0.05, 0) is 36.6 Å². The predicted molar refractivity (Wildman–Crippen MR) is 77.6 cm³/mol. The van der Waals surface area contributed by atoms with E-state index in [4.69, 9.17) is 5.73 Å². The number of sulfonamides is 1. The summed E-state index contributed by atoms with van der Waals surface area (Å²) in [7, 11) is -2.10. The summed E-state index contributed by atoms with van der Waals surface area (Å²) in [4.78, 5) is -0.0409. The molecule has 0 unspecified atom stereocenters. The summed E-state index contributed by atoms with van der Waals surface area (Å²) in [5.41, 5.74) is 7.23.